The molecule has 2 aromatic heterocycles. The summed E-state index contributed by atoms with van der Waals surface area (Å²) in [4.78, 5) is 2.30. The Hall–Kier alpha value is -2.47. The van der Waals surface area contributed by atoms with Crippen LogP contribution in [0.15, 0.2) is 42.5 Å². The van der Waals surface area contributed by atoms with Crippen molar-refractivity contribution in [2.24, 2.45) is 0 Å². The van der Waals surface area contributed by atoms with Crippen LogP contribution in [-0.4, -0.2) is 39.5 Å². The lowest BCUT2D eigenvalue weighted by molar-refractivity contribution is -0.0468. The summed E-state index contributed by atoms with van der Waals surface area (Å²) in [5, 5.41) is 13.4. The summed E-state index contributed by atoms with van der Waals surface area (Å²) >= 11 is 0. The molecule has 6 heteroatoms. The summed E-state index contributed by atoms with van der Waals surface area (Å²) in [6, 6.07) is 14.5. The zero-order chi connectivity index (χ0) is 16.9. The second kappa shape index (κ2) is 5.52. The largest absolute Gasteiger partial charge is 0.367 e. The summed E-state index contributed by atoms with van der Waals surface area (Å²) in [5.41, 5.74) is 1.69. The highest BCUT2D eigenvalue weighted by atomic mass is 16.5. The minimum absolute atomic E-state index is 0.331. The Morgan fingerprint density at radius 3 is 2.72 bits per heavy atom. The number of ether oxygens (including phenoxy) is 1. The number of hydrogen-bond acceptors (Lipinski definition) is 5. The molecule has 1 saturated heterocycles. The monoisotopic (exact) mass is 335 g/mol. The van der Waals surface area contributed by atoms with Gasteiger partial charge in [0.2, 0.25) is 0 Å². The Morgan fingerprint density at radius 1 is 1.08 bits per heavy atom. The van der Waals surface area contributed by atoms with Gasteiger partial charge in [-0.3, -0.25) is 0 Å². The fourth-order valence-electron chi connectivity index (χ4n) is 3.59. The van der Waals surface area contributed by atoms with E-state index in [2.05, 4.69) is 46.3 Å². The summed E-state index contributed by atoms with van der Waals surface area (Å²) in [6.07, 6.45) is 2.38. The van der Waals surface area contributed by atoms with Gasteiger partial charge in [0.25, 0.3) is 0 Å². The molecule has 128 valence electrons. The average Bonchev–Trinajstić information content (AvgIpc) is 3.41. The van der Waals surface area contributed by atoms with Crippen LogP contribution < -0.4 is 4.90 Å². The molecule has 1 atom stereocenters. The highest BCUT2D eigenvalue weighted by molar-refractivity contribution is 5.47. The van der Waals surface area contributed by atoms with Crippen molar-refractivity contribution in [1.29, 1.82) is 0 Å². The Bertz CT molecular complexity index is 905. The van der Waals surface area contributed by atoms with E-state index in [0.717, 1.165) is 30.4 Å². The molecule has 0 N–H and O–H groups in total. The van der Waals surface area contributed by atoms with Gasteiger partial charge in [-0.15, -0.1) is 15.3 Å². The van der Waals surface area contributed by atoms with Crippen LogP contribution in [0.3, 0.4) is 0 Å². The van der Waals surface area contributed by atoms with Crippen molar-refractivity contribution in [2.45, 2.75) is 31.3 Å². The van der Waals surface area contributed by atoms with Crippen LogP contribution in [0.2, 0.25) is 0 Å². The molecule has 5 rings (SSSR count). The van der Waals surface area contributed by atoms with Crippen LogP contribution in [0.25, 0.3) is 5.65 Å². The fraction of sp³-hybridized carbons (Fsp3) is 0.421. The molecule has 0 spiro atoms. The van der Waals surface area contributed by atoms with Gasteiger partial charge in [0.1, 0.15) is 11.4 Å². The van der Waals surface area contributed by atoms with E-state index in [0.29, 0.717) is 12.5 Å². The normalized spacial score (nSPS) is 24.0. The minimum atomic E-state index is -0.331. The summed E-state index contributed by atoms with van der Waals surface area (Å²) in [5.74, 6) is 2.48. The van der Waals surface area contributed by atoms with Gasteiger partial charge < -0.3 is 9.64 Å². The van der Waals surface area contributed by atoms with E-state index in [1.54, 1.807) is 0 Å². The van der Waals surface area contributed by atoms with Crippen molar-refractivity contribution in [1.82, 2.24) is 19.8 Å². The zero-order valence-corrected chi connectivity index (χ0v) is 14.3. The number of nitrogens with zero attached hydrogens (tertiary/aromatic N) is 5. The second-order valence-electron chi connectivity index (χ2n) is 7.16. The lowest BCUT2D eigenvalue weighted by Gasteiger charge is -2.41. The van der Waals surface area contributed by atoms with E-state index in [4.69, 9.17) is 9.84 Å². The Kier molecular flexibility index (Phi) is 3.28. The highest BCUT2D eigenvalue weighted by Gasteiger charge is 2.35. The maximum atomic E-state index is 6.15. The van der Waals surface area contributed by atoms with Gasteiger partial charge in [-0.25, -0.2) is 0 Å². The van der Waals surface area contributed by atoms with Gasteiger partial charge in [0.15, 0.2) is 11.5 Å². The van der Waals surface area contributed by atoms with Crippen LogP contribution in [0.5, 0.6) is 0 Å². The number of hydrogen-bond donors (Lipinski definition) is 0. The SMILES string of the molecule is CC1(c2ccccc2)CN(c2ccc3nnc(C4CC4)n3n2)CCO1. The maximum absolute atomic E-state index is 6.15. The van der Waals surface area contributed by atoms with Crippen molar-refractivity contribution in [3.05, 3.63) is 53.9 Å². The van der Waals surface area contributed by atoms with Gasteiger partial charge in [-0.2, -0.15) is 4.52 Å². The van der Waals surface area contributed by atoms with E-state index in [9.17, 15) is 0 Å². The third-order valence-electron chi connectivity index (χ3n) is 5.20. The molecular weight excluding hydrogens is 314 g/mol. The minimum Gasteiger partial charge on any atom is -0.367 e. The predicted octanol–water partition coefficient (Wildman–Crippen LogP) is 2.75. The molecule has 1 aliphatic heterocycles. The molecule has 25 heavy (non-hydrogen) atoms. The fourth-order valence-corrected chi connectivity index (χ4v) is 3.59. The standard InChI is InChI=1S/C19H21N5O/c1-19(15-5-3-2-4-6-15)13-23(11-12-25-19)17-10-9-16-20-21-18(14-7-8-14)24(16)22-17/h2-6,9-10,14H,7-8,11-13H2,1H3. The van der Waals surface area contributed by atoms with E-state index in [1.807, 2.05) is 22.7 Å². The van der Waals surface area contributed by atoms with Gasteiger partial charge in [0.05, 0.1) is 13.2 Å². The van der Waals surface area contributed by atoms with Crippen molar-refractivity contribution < 1.29 is 4.74 Å². The second-order valence-corrected chi connectivity index (χ2v) is 7.16. The molecule has 3 aromatic rings. The first-order valence-corrected chi connectivity index (χ1v) is 8.90. The summed E-state index contributed by atoms with van der Waals surface area (Å²) in [6.45, 7) is 4.45. The van der Waals surface area contributed by atoms with E-state index in [1.165, 1.54) is 18.4 Å². The molecule has 1 aliphatic carbocycles. The molecule has 3 heterocycles. The van der Waals surface area contributed by atoms with Crippen LogP contribution in [-0.2, 0) is 10.3 Å². The van der Waals surface area contributed by atoms with E-state index in [-0.39, 0.29) is 5.60 Å². The zero-order valence-electron chi connectivity index (χ0n) is 14.3. The number of anilines is 1. The number of fused-ring (bicyclic) bond motifs is 1. The smallest absolute Gasteiger partial charge is 0.178 e. The number of rotatable bonds is 3. The molecule has 1 aromatic carbocycles. The molecule has 1 unspecified atom stereocenters. The molecule has 0 amide bonds. The Balaban J connectivity index is 1.48. The average molecular weight is 335 g/mol. The molecule has 0 bridgehead atoms. The Morgan fingerprint density at radius 2 is 1.92 bits per heavy atom. The topological polar surface area (TPSA) is 55.6 Å². The summed E-state index contributed by atoms with van der Waals surface area (Å²) < 4.78 is 8.07. The first-order chi connectivity index (χ1) is 12.2. The predicted molar refractivity (Wildman–Crippen MR) is 94.7 cm³/mol. The first-order valence-electron chi connectivity index (χ1n) is 8.90. The lowest BCUT2D eigenvalue weighted by Crippen LogP contribution is -2.48. The van der Waals surface area contributed by atoms with Crippen LogP contribution in [0.4, 0.5) is 5.82 Å². The lowest BCUT2D eigenvalue weighted by atomic mass is 9.94. The third kappa shape index (κ3) is 2.57. The van der Waals surface area contributed by atoms with Crippen LogP contribution in [0, 0.1) is 0 Å². The maximum Gasteiger partial charge on any atom is 0.178 e. The van der Waals surface area contributed by atoms with E-state index >= 15 is 0 Å². The first kappa shape index (κ1) is 14.8. The van der Waals surface area contributed by atoms with Gasteiger partial charge >= 0.3 is 0 Å². The van der Waals surface area contributed by atoms with Crippen molar-refractivity contribution in [3.63, 3.8) is 0 Å². The van der Waals surface area contributed by atoms with Crippen LogP contribution >= 0.6 is 0 Å². The molecular formula is C19H21N5O. The quantitative estimate of drug-likeness (QED) is 0.737. The van der Waals surface area contributed by atoms with Gasteiger partial charge in [0, 0.05) is 12.5 Å². The number of morpholine rings is 1. The van der Waals surface area contributed by atoms with Gasteiger partial charge in [-0.05, 0) is 37.5 Å². The van der Waals surface area contributed by atoms with Gasteiger partial charge in [-0.1, -0.05) is 30.3 Å². The Labute approximate surface area is 146 Å². The molecule has 2 fully saturated rings. The number of aromatic nitrogens is 4. The van der Waals surface area contributed by atoms with Crippen LogP contribution in [0.1, 0.15) is 37.1 Å². The third-order valence-corrected chi connectivity index (χ3v) is 5.20. The summed E-state index contributed by atoms with van der Waals surface area (Å²) in [7, 11) is 0. The molecule has 6 nitrogen and oxygen atoms in total. The van der Waals surface area contributed by atoms with E-state index < -0.39 is 0 Å². The molecule has 1 saturated carbocycles. The molecule has 0 radical (unpaired) electrons. The highest BCUT2D eigenvalue weighted by Crippen LogP contribution is 2.39. The number of benzene rings is 1. The van der Waals surface area contributed by atoms with Crippen molar-refractivity contribution in [2.75, 3.05) is 24.6 Å². The molecule has 2 aliphatic rings. The van der Waals surface area contributed by atoms with Crippen molar-refractivity contribution >= 4 is 11.5 Å². The van der Waals surface area contributed by atoms with Crippen molar-refractivity contribution in [3.8, 4) is 0 Å².